The lowest BCUT2D eigenvalue weighted by Crippen LogP contribution is -2.10. The summed E-state index contributed by atoms with van der Waals surface area (Å²) in [4.78, 5) is 2.55. The fourth-order valence-corrected chi connectivity index (χ4v) is 2.36. The molecule has 106 valence electrons. The summed E-state index contributed by atoms with van der Waals surface area (Å²) in [5.74, 6) is 0. The fraction of sp³-hybridized carbons (Fsp3) is 1.00. The fourth-order valence-electron chi connectivity index (χ4n) is 1.88. The Bertz CT molecular complexity index is 266. The molecule has 0 aromatic carbocycles. The third kappa shape index (κ3) is 10.6. The Labute approximate surface area is 112 Å². The van der Waals surface area contributed by atoms with Crippen LogP contribution >= 0.6 is 0 Å². The molecular weight excluding hydrogens is 250 g/mol. The van der Waals surface area contributed by atoms with Gasteiger partial charge in [0, 0.05) is 4.91 Å². The van der Waals surface area contributed by atoms with Gasteiger partial charge in [0.2, 0.25) is 0 Å². The smallest absolute Gasteiger partial charge is 0.100 e. The van der Waals surface area contributed by atoms with Gasteiger partial charge in [-0.05, 0) is 23.0 Å². The largest absolute Gasteiger partial charge is 0.772 e. The molecule has 2 unspecified atom stereocenters. The molecule has 0 aromatic rings. The summed E-state index contributed by atoms with van der Waals surface area (Å²) in [6.07, 6.45) is 11.1. The van der Waals surface area contributed by atoms with E-state index in [-0.39, 0.29) is 0 Å². The first kappa shape index (κ1) is 17.4. The molecule has 0 radical (unpaired) electrons. The highest BCUT2D eigenvalue weighted by Crippen LogP contribution is 2.13. The molecule has 0 saturated heterocycles. The Hall–Kier alpha value is -0.580. The van der Waals surface area contributed by atoms with E-state index in [1.54, 1.807) is 0 Å². The van der Waals surface area contributed by atoms with E-state index in [4.69, 9.17) is 5.53 Å². The summed E-state index contributed by atoms with van der Waals surface area (Å²) in [6, 6.07) is 0. The van der Waals surface area contributed by atoms with Crippen molar-refractivity contribution in [3.8, 4) is 0 Å². The van der Waals surface area contributed by atoms with Crippen molar-refractivity contribution in [3.05, 3.63) is 10.4 Å². The third-order valence-electron chi connectivity index (χ3n) is 2.96. The van der Waals surface area contributed by atoms with Crippen LogP contribution in [0.1, 0.15) is 71.1 Å². The van der Waals surface area contributed by atoms with Crippen molar-refractivity contribution in [2.45, 2.75) is 76.5 Å². The van der Waals surface area contributed by atoms with Crippen molar-refractivity contribution in [1.29, 1.82) is 0 Å². The maximum atomic E-state index is 10.7. The zero-order valence-corrected chi connectivity index (χ0v) is 12.0. The Morgan fingerprint density at radius 1 is 1.11 bits per heavy atom. The van der Waals surface area contributed by atoms with Crippen LogP contribution in [0.25, 0.3) is 10.4 Å². The van der Waals surface area contributed by atoms with Crippen LogP contribution in [0, 0.1) is 0 Å². The summed E-state index contributed by atoms with van der Waals surface area (Å²) in [7, 11) is 0. The highest BCUT2D eigenvalue weighted by atomic mass is 32.2. The molecular formula is C12H24N3O2S-. The van der Waals surface area contributed by atoms with Crippen molar-refractivity contribution >= 4 is 11.1 Å². The summed E-state index contributed by atoms with van der Waals surface area (Å²) >= 11 is -2.29. The predicted octanol–water partition coefficient (Wildman–Crippen LogP) is 4.42. The van der Waals surface area contributed by atoms with Crippen molar-refractivity contribution in [3.63, 3.8) is 0 Å². The van der Waals surface area contributed by atoms with Gasteiger partial charge in [0.05, 0.1) is 0 Å². The van der Waals surface area contributed by atoms with Gasteiger partial charge in [0.1, 0.15) is 5.37 Å². The molecule has 0 N–H and O–H groups in total. The molecule has 0 aliphatic carbocycles. The maximum absolute atomic E-state index is 10.7. The summed E-state index contributed by atoms with van der Waals surface area (Å²) in [6.45, 7) is 2.21. The number of hydrogen-bond acceptors (Lipinski definition) is 3. The molecule has 0 spiro atoms. The first-order valence-electron chi connectivity index (χ1n) is 6.84. The zero-order valence-electron chi connectivity index (χ0n) is 11.2. The molecule has 6 heteroatoms. The van der Waals surface area contributed by atoms with Gasteiger partial charge in [-0.3, -0.25) is 4.21 Å². The number of unbranched alkanes of at least 4 members (excludes halogenated alkanes) is 8. The molecule has 0 aromatic heterocycles. The second-order valence-electron chi connectivity index (χ2n) is 4.54. The lowest BCUT2D eigenvalue weighted by molar-refractivity contribution is 0.505. The normalized spacial score (nSPS) is 13.9. The van der Waals surface area contributed by atoms with Crippen LogP contribution in [0.5, 0.6) is 0 Å². The van der Waals surface area contributed by atoms with Crippen LogP contribution in [0.15, 0.2) is 5.11 Å². The highest BCUT2D eigenvalue weighted by Gasteiger charge is 2.05. The predicted molar refractivity (Wildman–Crippen MR) is 73.7 cm³/mol. The quantitative estimate of drug-likeness (QED) is 0.173. The van der Waals surface area contributed by atoms with Gasteiger partial charge in [0.15, 0.2) is 0 Å². The van der Waals surface area contributed by atoms with E-state index >= 15 is 0 Å². The van der Waals surface area contributed by atoms with Crippen LogP contribution in [-0.4, -0.2) is 14.1 Å². The van der Waals surface area contributed by atoms with E-state index < -0.39 is 16.5 Å². The summed E-state index contributed by atoms with van der Waals surface area (Å²) < 4.78 is 21.4. The Balaban J connectivity index is 3.38. The van der Waals surface area contributed by atoms with Crippen LogP contribution in [0.3, 0.4) is 0 Å². The molecule has 0 aliphatic rings. The minimum atomic E-state index is -2.29. The Kier molecular flexibility index (Phi) is 12.5. The molecule has 0 aliphatic heterocycles. The lowest BCUT2D eigenvalue weighted by atomic mass is 10.1. The average Bonchev–Trinajstić information content (AvgIpc) is 2.35. The molecule has 0 amide bonds. The van der Waals surface area contributed by atoms with Crippen LogP contribution in [-0.2, 0) is 11.1 Å². The number of azide groups is 1. The van der Waals surface area contributed by atoms with E-state index in [1.807, 2.05) is 0 Å². The Morgan fingerprint density at radius 2 is 1.61 bits per heavy atom. The molecule has 5 nitrogen and oxygen atoms in total. The lowest BCUT2D eigenvalue weighted by Gasteiger charge is -2.13. The molecule has 0 heterocycles. The van der Waals surface area contributed by atoms with Crippen molar-refractivity contribution in [2.24, 2.45) is 5.11 Å². The first-order valence-corrected chi connectivity index (χ1v) is 7.98. The van der Waals surface area contributed by atoms with E-state index in [0.29, 0.717) is 6.42 Å². The third-order valence-corrected chi connectivity index (χ3v) is 3.73. The summed E-state index contributed by atoms with van der Waals surface area (Å²) in [5.41, 5.74) is 8.21. The molecule has 0 rings (SSSR count). The van der Waals surface area contributed by atoms with Crippen LogP contribution in [0.4, 0.5) is 0 Å². The molecule has 0 bridgehead atoms. The molecule has 0 saturated carbocycles. The van der Waals surface area contributed by atoms with E-state index in [2.05, 4.69) is 16.9 Å². The van der Waals surface area contributed by atoms with Gasteiger partial charge >= 0.3 is 0 Å². The molecule has 0 fully saturated rings. The number of hydrogen-bond donors (Lipinski definition) is 0. The second kappa shape index (κ2) is 12.9. The van der Waals surface area contributed by atoms with E-state index in [1.165, 1.54) is 38.5 Å². The maximum Gasteiger partial charge on any atom is 0.100 e. The van der Waals surface area contributed by atoms with Crippen molar-refractivity contribution in [1.82, 2.24) is 0 Å². The highest BCUT2D eigenvalue weighted by molar-refractivity contribution is 7.79. The van der Waals surface area contributed by atoms with Crippen molar-refractivity contribution in [2.75, 3.05) is 0 Å². The van der Waals surface area contributed by atoms with E-state index in [0.717, 1.165) is 19.3 Å². The minimum absolute atomic E-state index is 0.440. The number of rotatable bonds is 12. The average molecular weight is 274 g/mol. The van der Waals surface area contributed by atoms with Crippen LogP contribution in [0.2, 0.25) is 0 Å². The monoisotopic (exact) mass is 274 g/mol. The first-order chi connectivity index (χ1) is 8.72. The molecule has 2 atom stereocenters. The van der Waals surface area contributed by atoms with Crippen molar-refractivity contribution < 1.29 is 8.76 Å². The van der Waals surface area contributed by atoms with Gasteiger partial charge in [-0.15, -0.1) is 0 Å². The second-order valence-corrected chi connectivity index (χ2v) is 5.60. The SMILES string of the molecule is CCCCCCCCCCCC(N=[N+]=[N-])S(=O)[O-]. The Morgan fingerprint density at radius 3 is 2.06 bits per heavy atom. The molecule has 18 heavy (non-hydrogen) atoms. The zero-order chi connectivity index (χ0) is 13.6. The number of nitrogens with zero attached hydrogens (tertiary/aromatic N) is 3. The van der Waals surface area contributed by atoms with Gasteiger partial charge in [0.25, 0.3) is 0 Å². The topological polar surface area (TPSA) is 88.9 Å². The van der Waals surface area contributed by atoms with Gasteiger partial charge < -0.3 is 4.55 Å². The van der Waals surface area contributed by atoms with Gasteiger partial charge in [-0.2, -0.15) is 0 Å². The van der Waals surface area contributed by atoms with Gasteiger partial charge in [-0.25, -0.2) is 0 Å². The van der Waals surface area contributed by atoms with Crippen LogP contribution < -0.4 is 0 Å². The van der Waals surface area contributed by atoms with Gasteiger partial charge in [-0.1, -0.05) is 69.8 Å². The standard InChI is InChI=1S/C12H25N3O2S/c1-2-3-4-5-6-7-8-9-10-11-12(14-15-13)18(16)17/h12H,2-11H2,1H3,(H,16,17)/p-1. The minimum Gasteiger partial charge on any atom is -0.772 e. The summed E-state index contributed by atoms with van der Waals surface area (Å²) in [5, 5.41) is 2.37. The van der Waals surface area contributed by atoms with E-state index in [9.17, 15) is 8.76 Å².